The Labute approximate surface area is 96.1 Å². The minimum absolute atomic E-state index is 0.443. The Morgan fingerprint density at radius 2 is 2.06 bits per heavy atom. The minimum Gasteiger partial charge on any atom is -0.319 e. The second-order valence-corrected chi connectivity index (χ2v) is 5.80. The Balaban J connectivity index is 2.42. The van der Waals surface area contributed by atoms with Crippen LogP contribution in [0.2, 0.25) is 0 Å². The second kappa shape index (κ2) is 4.03. The molecule has 1 aliphatic heterocycles. The molecule has 0 aliphatic carbocycles. The molecule has 0 saturated heterocycles. The molecule has 3 nitrogen and oxygen atoms in total. The van der Waals surface area contributed by atoms with Crippen molar-refractivity contribution >= 4 is 15.4 Å². The lowest BCUT2D eigenvalue weighted by molar-refractivity contribution is 0.605. The maximum absolute atomic E-state index is 11.7. The molecule has 2 rings (SSSR count). The summed E-state index contributed by atoms with van der Waals surface area (Å²) in [6.07, 6.45) is 0.914. The predicted molar refractivity (Wildman–Crippen MR) is 64.9 cm³/mol. The molecule has 0 bridgehead atoms. The first kappa shape index (κ1) is 11.4. The monoisotopic (exact) mass is 237 g/mol. The van der Waals surface area contributed by atoms with E-state index in [1.54, 1.807) is 6.07 Å². The molecule has 86 valence electrons. The van der Waals surface area contributed by atoms with Crippen LogP contribution in [0, 0.1) is 0 Å². The van der Waals surface area contributed by atoms with Crippen molar-refractivity contribution in [2.45, 2.75) is 18.2 Å². The SMILES string of the molecule is CNCCc1ccc2c(c1)C(C)=CS2(=O)=O. The average Bonchev–Trinajstić information content (AvgIpc) is 2.46. The molecule has 16 heavy (non-hydrogen) atoms. The van der Waals surface area contributed by atoms with Crippen LogP contribution < -0.4 is 5.32 Å². The van der Waals surface area contributed by atoms with E-state index in [1.165, 1.54) is 5.41 Å². The molecule has 1 aliphatic rings. The first-order valence-corrected chi connectivity index (χ1v) is 6.80. The largest absolute Gasteiger partial charge is 0.319 e. The van der Waals surface area contributed by atoms with Crippen LogP contribution in [0.4, 0.5) is 0 Å². The summed E-state index contributed by atoms with van der Waals surface area (Å²) in [6.45, 7) is 2.74. The lowest BCUT2D eigenvalue weighted by atomic mass is 10.0. The van der Waals surface area contributed by atoms with Gasteiger partial charge < -0.3 is 5.32 Å². The number of sulfone groups is 1. The number of nitrogens with one attached hydrogen (secondary N) is 1. The maximum Gasteiger partial charge on any atom is 0.200 e. The zero-order valence-electron chi connectivity index (χ0n) is 9.45. The molecule has 0 saturated carbocycles. The molecule has 1 aromatic carbocycles. The normalized spacial score (nSPS) is 17.0. The van der Waals surface area contributed by atoms with E-state index in [-0.39, 0.29) is 0 Å². The van der Waals surface area contributed by atoms with Crippen LogP contribution in [-0.2, 0) is 16.3 Å². The van der Waals surface area contributed by atoms with Gasteiger partial charge in [-0.3, -0.25) is 0 Å². The van der Waals surface area contributed by atoms with E-state index in [0.717, 1.165) is 29.7 Å². The number of hydrogen-bond donors (Lipinski definition) is 1. The van der Waals surface area contributed by atoms with Crippen molar-refractivity contribution in [1.29, 1.82) is 0 Å². The predicted octanol–water partition coefficient (Wildman–Crippen LogP) is 1.60. The lowest BCUT2D eigenvalue weighted by Gasteiger charge is -2.05. The molecule has 4 heteroatoms. The van der Waals surface area contributed by atoms with E-state index >= 15 is 0 Å². The van der Waals surface area contributed by atoms with Gasteiger partial charge in [0.05, 0.1) is 4.90 Å². The van der Waals surface area contributed by atoms with Gasteiger partial charge in [0, 0.05) is 5.41 Å². The zero-order valence-corrected chi connectivity index (χ0v) is 10.3. The smallest absolute Gasteiger partial charge is 0.200 e. The third-order valence-corrected chi connectivity index (χ3v) is 4.40. The number of benzene rings is 1. The fraction of sp³-hybridized carbons (Fsp3) is 0.333. The number of rotatable bonds is 3. The molecule has 0 radical (unpaired) electrons. The van der Waals surface area contributed by atoms with Crippen LogP contribution in [0.15, 0.2) is 28.5 Å². The van der Waals surface area contributed by atoms with Crippen molar-refractivity contribution in [1.82, 2.24) is 5.32 Å². The molecule has 1 heterocycles. The molecule has 1 aromatic rings. The molecular formula is C12H15NO2S. The van der Waals surface area contributed by atoms with Gasteiger partial charge in [-0.25, -0.2) is 8.42 Å². The highest BCUT2D eigenvalue weighted by Crippen LogP contribution is 2.33. The Kier molecular flexibility index (Phi) is 2.86. The molecule has 0 spiro atoms. The van der Waals surface area contributed by atoms with E-state index in [1.807, 2.05) is 26.1 Å². The zero-order chi connectivity index (χ0) is 11.8. The molecule has 0 atom stereocenters. The Morgan fingerprint density at radius 1 is 1.31 bits per heavy atom. The Hall–Kier alpha value is -1.13. The molecule has 0 aromatic heterocycles. The van der Waals surface area contributed by atoms with E-state index in [0.29, 0.717) is 4.90 Å². The van der Waals surface area contributed by atoms with Crippen molar-refractivity contribution in [3.8, 4) is 0 Å². The van der Waals surface area contributed by atoms with Gasteiger partial charge in [0.1, 0.15) is 0 Å². The van der Waals surface area contributed by atoms with Gasteiger partial charge in [0.2, 0.25) is 9.84 Å². The van der Waals surface area contributed by atoms with E-state index in [4.69, 9.17) is 0 Å². The summed E-state index contributed by atoms with van der Waals surface area (Å²) in [6, 6.07) is 5.58. The topological polar surface area (TPSA) is 46.2 Å². The number of likely N-dealkylation sites (N-methyl/N-ethyl adjacent to an activating group) is 1. The van der Waals surface area contributed by atoms with Crippen LogP contribution in [0.3, 0.4) is 0 Å². The first-order valence-electron chi connectivity index (χ1n) is 5.26. The highest BCUT2D eigenvalue weighted by molar-refractivity contribution is 7.95. The summed E-state index contributed by atoms with van der Waals surface area (Å²) in [5.74, 6) is 0. The third kappa shape index (κ3) is 1.90. The number of fused-ring (bicyclic) bond motifs is 1. The number of allylic oxidation sites excluding steroid dienone is 1. The fourth-order valence-electron chi connectivity index (χ4n) is 1.92. The summed E-state index contributed by atoms with van der Waals surface area (Å²) in [7, 11) is -1.26. The Morgan fingerprint density at radius 3 is 2.75 bits per heavy atom. The van der Waals surface area contributed by atoms with Crippen molar-refractivity contribution in [3.63, 3.8) is 0 Å². The van der Waals surface area contributed by atoms with E-state index in [2.05, 4.69) is 5.32 Å². The summed E-state index contributed by atoms with van der Waals surface area (Å²) in [4.78, 5) is 0.443. The first-order chi connectivity index (χ1) is 7.54. The molecule has 0 fully saturated rings. The van der Waals surface area contributed by atoms with Crippen LogP contribution in [0.25, 0.3) is 5.57 Å². The van der Waals surface area contributed by atoms with Gasteiger partial charge in [-0.2, -0.15) is 0 Å². The third-order valence-electron chi connectivity index (χ3n) is 2.77. The van der Waals surface area contributed by atoms with Gasteiger partial charge in [0.15, 0.2) is 0 Å². The van der Waals surface area contributed by atoms with Gasteiger partial charge in [0.25, 0.3) is 0 Å². The minimum atomic E-state index is -3.17. The van der Waals surface area contributed by atoms with Crippen LogP contribution >= 0.6 is 0 Å². The highest BCUT2D eigenvalue weighted by atomic mass is 32.2. The van der Waals surface area contributed by atoms with E-state index in [9.17, 15) is 8.42 Å². The maximum atomic E-state index is 11.7. The van der Waals surface area contributed by atoms with Crippen molar-refractivity contribution in [3.05, 3.63) is 34.7 Å². The van der Waals surface area contributed by atoms with Crippen LogP contribution in [-0.4, -0.2) is 22.0 Å². The van der Waals surface area contributed by atoms with Crippen LogP contribution in [0.5, 0.6) is 0 Å². The number of hydrogen-bond acceptors (Lipinski definition) is 3. The van der Waals surface area contributed by atoms with Crippen molar-refractivity contribution in [2.24, 2.45) is 0 Å². The Bertz CT molecular complexity index is 544. The van der Waals surface area contributed by atoms with Crippen LogP contribution in [0.1, 0.15) is 18.1 Å². The molecule has 1 N–H and O–H groups in total. The quantitative estimate of drug-likeness (QED) is 0.868. The van der Waals surface area contributed by atoms with Crippen molar-refractivity contribution < 1.29 is 8.42 Å². The highest BCUT2D eigenvalue weighted by Gasteiger charge is 2.24. The fourth-order valence-corrected chi connectivity index (χ4v) is 3.42. The molecular weight excluding hydrogens is 222 g/mol. The summed E-state index contributed by atoms with van der Waals surface area (Å²) in [5, 5.41) is 4.43. The van der Waals surface area contributed by atoms with Gasteiger partial charge >= 0.3 is 0 Å². The summed E-state index contributed by atoms with van der Waals surface area (Å²) >= 11 is 0. The lowest BCUT2D eigenvalue weighted by Crippen LogP contribution is -2.10. The summed E-state index contributed by atoms with van der Waals surface area (Å²) < 4.78 is 23.4. The van der Waals surface area contributed by atoms with Gasteiger partial charge in [-0.05, 0) is 49.7 Å². The molecule has 0 amide bonds. The standard InChI is InChI=1S/C12H15NO2S/c1-9-8-16(14,15)12-4-3-10(5-6-13-2)7-11(9)12/h3-4,7-8,13H,5-6H2,1-2H3. The molecule has 0 unspecified atom stereocenters. The second-order valence-electron chi connectivity index (χ2n) is 4.03. The summed E-state index contributed by atoms with van der Waals surface area (Å²) in [5.41, 5.74) is 2.85. The van der Waals surface area contributed by atoms with Gasteiger partial charge in [-0.1, -0.05) is 12.1 Å². The van der Waals surface area contributed by atoms with Crippen molar-refractivity contribution in [2.75, 3.05) is 13.6 Å². The van der Waals surface area contributed by atoms with Gasteiger partial charge in [-0.15, -0.1) is 0 Å². The van der Waals surface area contributed by atoms with E-state index < -0.39 is 9.84 Å². The average molecular weight is 237 g/mol.